The van der Waals surface area contributed by atoms with Gasteiger partial charge in [-0.05, 0) is 11.0 Å². The number of para-hydroxylation sites is 1. The van der Waals surface area contributed by atoms with E-state index in [-0.39, 0.29) is 5.82 Å². The summed E-state index contributed by atoms with van der Waals surface area (Å²) >= 11 is 0. The van der Waals surface area contributed by atoms with Crippen LogP contribution < -0.4 is 5.32 Å². The minimum atomic E-state index is -0.844. The zero-order chi connectivity index (χ0) is 14.3. The Labute approximate surface area is 114 Å². The molecular formula is C13H12N4O3. The molecule has 1 aromatic carbocycles. The maximum atomic E-state index is 10.8. The van der Waals surface area contributed by atoms with Crippen molar-refractivity contribution in [1.82, 2.24) is 9.55 Å². The van der Waals surface area contributed by atoms with Gasteiger partial charge in [0.2, 0.25) is 5.82 Å². The molecule has 0 fully saturated rings. The average molecular weight is 272 g/mol. The lowest BCUT2D eigenvalue weighted by molar-refractivity contribution is -0.391. The zero-order valence-corrected chi connectivity index (χ0v) is 10.6. The lowest BCUT2D eigenvalue weighted by Crippen LogP contribution is -2.12. The van der Waals surface area contributed by atoms with Crippen molar-refractivity contribution in [2.45, 2.75) is 6.23 Å². The molecule has 0 amide bonds. The van der Waals surface area contributed by atoms with Gasteiger partial charge in [0.1, 0.15) is 6.20 Å². The maximum Gasteiger partial charge on any atom is 0.342 e. The highest BCUT2D eigenvalue weighted by Crippen LogP contribution is 2.35. The number of rotatable bonds is 2. The summed E-state index contributed by atoms with van der Waals surface area (Å²) < 4.78 is 1.38. The molecule has 102 valence electrons. The molecule has 1 unspecified atom stereocenters. The number of aromatic nitrogens is 2. The monoisotopic (exact) mass is 272 g/mol. The highest BCUT2D eigenvalue weighted by Gasteiger charge is 2.25. The molecule has 0 saturated carbocycles. The maximum absolute atomic E-state index is 10.8. The molecule has 7 nitrogen and oxygen atoms in total. The number of aliphatic hydroxyl groups is 1. The van der Waals surface area contributed by atoms with E-state index < -0.39 is 11.2 Å². The predicted octanol–water partition coefficient (Wildman–Crippen LogP) is 1.61. The van der Waals surface area contributed by atoms with Gasteiger partial charge in [0.25, 0.3) is 0 Å². The van der Waals surface area contributed by atoms with Crippen LogP contribution in [0.2, 0.25) is 0 Å². The first-order chi connectivity index (χ1) is 9.58. The van der Waals surface area contributed by atoms with E-state index in [1.165, 1.54) is 10.8 Å². The lowest BCUT2D eigenvalue weighted by atomic mass is 10.1. The quantitative estimate of drug-likeness (QED) is 0.640. The van der Waals surface area contributed by atoms with Crippen LogP contribution in [0, 0.1) is 10.1 Å². The second-order valence-corrected chi connectivity index (χ2v) is 4.48. The molecule has 1 atom stereocenters. The van der Waals surface area contributed by atoms with Gasteiger partial charge in [-0.3, -0.25) is 0 Å². The fourth-order valence-electron chi connectivity index (χ4n) is 2.25. The Kier molecular flexibility index (Phi) is 2.76. The first-order valence-electron chi connectivity index (χ1n) is 5.99. The number of nitrogens with one attached hydrogen (secondary N) is 1. The lowest BCUT2D eigenvalue weighted by Gasteiger charge is -2.04. The fraction of sp³-hybridized carbons (Fsp3) is 0.154. The number of imidazole rings is 1. The molecule has 0 radical (unpaired) electrons. The number of hydrogen-bond acceptors (Lipinski definition) is 5. The zero-order valence-electron chi connectivity index (χ0n) is 10.6. The second-order valence-electron chi connectivity index (χ2n) is 4.48. The molecule has 20 heavy (non-hydrogen) atoms. The fourth-order valence-corrected chi connectivity index (χ4v) is 2.25. The van der Waals surface area contributed by atoms with Crippen LogP contribution in [0.4, 0.5) is 11.5 Å². The largest absolute Gasteiger partial charge is 0.369 e. The molecule has 2 heterocycles. The van der Waals surface area contributed by atoms with Crippen molar-refractivity contribution in [3.8, 4) is 0 Å². The first-order valence-corrected chi connectivity index (χ1v) is 5.99. The van der Waals surface area contributed by atoms with Crippen molar-refractivity contribution in [3.63, 3.8) is 0 Å². The van der Waals surface area contributed by atoms with Gasteiger partial charge in [0, 0.05) is 22.9 Å². The van der Waals surface area contributed by atoms with Crippen molar-refractivity contribution >= 4 is 23.2 Å². The molecule has 7 heteroatoms. The number of fused-ring (bicyclic) bond motifs is 1. The van der Waals surface area contributed by atoms with E-state index in [0.29, 0.717) is 11.4 Å². The second kappa shape index (κ2) is 4.46. The number of anilines is 1. The topological polar surface area (TPSA) is 93.2 Å². The molecule has 0 spiro atoms. The van der Waals surface area contributed by atoms with Crippen LogP contribution in [0.3, 0.4) is 0 Å². The third kappa shape index (κ3) is 1.84. The SMILES string of the molecule is Cn1c([N+](=O)[O-])cnc1/C=C1/c2ccccc2NC1O. The van der Waals surface area contributed by atoms with Crippen molar-refractivity contribution in [1.29, 1.82) is 0 Å². The Morgan fingerprint density at radius 1 is 1.50 bits per heavy atom. The number of nitro groups is 1. The van der Waals surface area contributed by atoms with Gasteiger partial charge in [0.05, 0.1) is 7.05 Å². The summed E-state index contributed by atoms with van der Waals surface area (Å²) in [5.41, 5.74) is 2.34. The molecule has 0 saturated heterocycles. The summed E-state index contributed by atoms with van der Waals surface area (Å²) in [7, 11) is 1.57. The summed E-state index contributed by atoms with van der Waals surface area (Å²) in [6.45, 7) is 0. The van der Waals surface area contributed by atoms with Crippen molar-refractivity contribution < 1.29 is 10.0 Å². The Balaban J connectivity index is 2.07. The van der Waals surface area contributed by atoms with E-state index in [2.05, 4.69) is 10.3 Å². The molecule has 2 N–H and O–H groups in total. The van der Waals surface area contributed by atoms with E-state index >= 15 is 0 Å². The summed E-state index contributed by atoms with van der Waals surface area (Å²) in [6, 6.07) is 7.47. The van der Waals surface area contributed by atoms with E-state index in [0.717, 1.165) is 11.3 Å². The van der Waals surface area contributed by atoms with Gasteiger partial charge in [-0.25, -0.2) is 9.55 Å². The van der Waals surface area contributed by atoms with E-state index in [1.54, 1.807) is 13.1 Å². The summed E-state index contributed by atoms with van der Waals surface area (Å²) in [4.78, 5) is 14.3. The van der Waals surface area contributed by atoms with Gasteiger partial charge < -0.3 is 20.5 Å². The number of hydrogen-bond donors (Lipinski definition) is 2. The van der Waals surface area contributed by atoms with Crippen molar-refractivity contribution in [2.24, 2.45) is 7.05 Å². The van der Waals surface area contributed by atoms with E-state index in [1.807, 2.05) is 24.3 Å². The standard InChI is InChI=1S/C13H12N4O3/c1-16-11(14-7-12(16)17(19)20)6-9-8-4-2-3-5-10(8)15-13(9)18/h2-7,13,15,18H,1H3/b9-6-. The Morgan fingerprint density at radius 3 is 2.95 bits per heavy atom. The normalized spacial score (nSPS) is 18.9. The van der Waals surface area contributed by atoms with Crippen LogP contribution in [-0.4, -0.2) is 25.8 Å². The van der Waals surface area contributed by atoms with Crippen LogP contribution in [0.5, 0.6) is 0 Å². The molecule has 1 aliphatic rings. The predicted molar refractivity (Wildman–Crippen MR) is 73.8 cm³/mol. The van der Waals surface area contributed by atoms with Crippen LogP contribution >= 0.6 is 0 Å². The molecule has 0 aliphatic carbocycles. The smallest absolute Gasteiger partial charge is 0.342 e. The number of aliphatic hydroxyl groups excluding tert-OH is 1. The van der Waals surface area contributed by atoms with Crippen molar-refractivity contribution in [2.75, 3.05) is 5.32 Å². The average Bonchev–Trinajstić information content (AvgIpc) is 2.92. The minimum Gasteiger partial charge on any atom is -0.369 e. The molecule has 1 aromatic heterocycles. The molecule has 1 aliphatic heterocycles. The van der Waals surface area contributed by atoms with Crippen LogP contribution in [0.15, 0.2) is 30.5 Å². The molecular weight excluding hydrogens is 260 g/mol. The Bertz CT molecular complexity index is 720. The molecule has 0 bridgehead atoms. The van der Waals surface area contributed by atoms with E-state index in [9.17, 15) is 15.2 Å². The molecule has 2 aromatic rings. The van der Waals surface area contributed by atoms with Gasteiger partial charge in [-0.15, -0.1) is 0 Å². The van der Waals surface area contributed by atoms with Crippen LogP contribution in [0.1, 0.15) is 11.4 Å². The third-order valence-electron chi connectivity index (χ3n) is 3.30. The van der Waals surface area contributed by atoms with Crippen LogP contribution in [-0.2, 0) is 7.05 Å². The Hall–Kier alpha value is -2.67. The van der Waals surface area contributed by atoms with Gasteiger partial charge in [-0.1, -0.05) is 18.2 Å². The highest BCUT2D eigenvalue weighted by molar-refractivity contribution is 5.93. The molecule has 3 rings (SSSR count). The minimum absolute atomic E-state index is 0.0921. The first kappa shape index (κ1) is 12.4. The Morgan fingerprint density at radius 2 is 2.25 bits per heavy atom. The van der Waals surface area contributed by atoms with Gasteiger partial charge >= 0.3 is 5.82 Å². The summed E-state index contributed by atoms with van der Waals surface area (Å²) in [5, 5.41) is 23.8. The number of nitrogens with zero attached hydrogens (tertiary/aromatic N) is 3. The third-order valence-corrected chi connectivity index (χ3v) is 3.30. The number of benzene rings is 1. The van der Waals surface area contributed by atoms with Crippen LogP contribution in [0.25, 0.3) is 11.6 Å². The van der Waals surface area contributed by atoms with Gasteiger partial charge in [0.15, 0.2) is 6.23 Å². The summed E-state index contributed by atoms with van der Waals surface area (Å²) in [6.07, 6.45) is 2.01. The van der Waals surface area contributed by atoms with Crippen molar-refractivity contribution in [3.05, 3.63) is 52.0 Å². The summed E-state index contributed by atoms with van der Waals surface area (Å²) in [5.74, 6) is 0.329. The highest BCUT2D eigenvalue weighted by atomic mass is 16.6. The van der Waals surface area contributed by atoms with E-state index in [4.69, 9.17) is 0 Å². The van der Waals surface area contributed by atoms with Gasteiger partial charge in [-0.2, -0.15) is 0 Å².